The molecule has 0 fully saturated rings. The molecule has 3 rings (SSSR count). The van der Waals surface area contributed by atoms with Crippen molar-refractivity contribution in [3.8, 4) is 5.75 Å². The zero-order valence-electron chi connectivity index (χ0n) is 11.6. The standard InChI is InChI=1S/C16H20N2O/c1-12-7-8-18-11-14(17-16(18)9-12)10-13-5-3-4-6-15(13)19-2/h3-6,11-12H,7-10H2,1-2H3. The van der Waals surface area contributed by atoms with Crippen molar-refractivity contribution in [1.29, 1.82) is 0 Å². The monoisotopic (exact) mass is 256 g/mol. The average molecular weight is 256 g/mol. The van der Waals surface area contributed by atoms with E-state index >= 15 is 0 Å². The zero-order valence-corrected chi connectivity index (χ0v) is 11.6. The highest BCUT2D eigenvalue weighted by Gasteiger charge is 2.17. The van der Waals surface area contributed by atoms with Crippen molar-refractivity contribution in [2.24, 2.45) is 5.92 Å². The largest absolute Gasteiger partial charge is 0.496 e. The van der Waals surface area contributed by atoms with Crippen molar-refractivity contribution in [3.63, 3.8) is 0 Å². The topological polar surface area (TPSA) is 27.1 Å². The predicted octanol–water partition coefficient (Wildman–Crippen LogP) is 3.06. The molecular formula is C16H20N2O. The molecule has 1 aromatic heterocycles. The van der Waals surface area contributed by atoms with E-state index in [1.54, 1.807) is 7.11 Å². The van der Waals surface area contributed by atoms with Crippen LogP contribution in [0, 0.1) is 5.92 Å². The van der Waals surface area contributed by atoms with Crippen LogP contribution in [0.25, 0.3) is 0 Å². The first-order chi connectivity index (χ1) is 9.26. The van der Waals surface area contributed by atoms with E-state index < -0.39 is 0 Å². The number of imidazole rings is 1. The van der Waals surface area contributed by atoms with Crippen LogP contribution in [0.1, 0.15) is 30.4 Å². The third kappa shape index (κ3) is 2.50. The second-order valence-electron chi connectivity index (χ2n) is 5.43. The Morgan fingerprint density at radius 1 is 1.37 bits per heavy atom. The van der Waals surface area contributed by atoms with Crippen LogP contribution in [-0.4, -0.2) is 16.7 Å². The first kappa shape index (κ1) is 12.3. The van der Waals surface area contributed by atoms with Crippen molar-refractivity contribution in [3.05, 3.63) is 47.5 Å². The van der Waals surface area contributed by atoms with Crippen molar-refractivity contribution in [2.45, 2.75) is 32.7 Å². The summed E-state index contributed by atoms with van der Waals surface area (Å²) in [5.74, 6) is 2.94. The Kier molecular flexibility index (Phi) is 3.28. The Balaban J connectivity index is 1.84. The van der Waals surface area contributed by atoms with Crippen LogP contribution in [0.5, 0.6) is 5.75 Å². The number of rotatable bonds is 3. The number of aryl methyl sites for hydroxylation is 1. The van der Waals surface area contributed by atoms with Gasteiger partial charge in [-0.1, -0.05) is 25.1 Å². The number of hydrogen-bond donors (Lipinski definition) is 0. The van der Waals surface area contributed by atoms with Crippen LogP contribution in [0.2, 0.25) is 0 Å². The fourth-order valence-electron chi connectivity index (χ4n) is 2.77. The second-order valence-corrected chi connectivity index (χ2v) is 5.43. The fourth-order valence-corrected chi connectivity index (χ4v) is 2.77. The fraction of sp³-hybridized carbons (Fsp3) is 0.438. The predicted molar refractivity (Wildman–Crippen MR) is 75.5 cm³/mol. The third-order valence-electron chi connectivity index (χ3n) is 3.87. The van der Waals surface area contributed by atoms with E-state index in [0.717, 1.165) is 36.7 Å². The molecule has 1 aliphatic rings. The minimum absolute atomic E-state index is 0.758. The summed E-state index contributed by atoms with van der Waals surface area (Å²) in [6, 6.07) is 8.17. The van der Waals surface area contributed by atoms with E-state index in [1.807, 2.05) is 12.1 Å². The van der Waals surface area contributed by atoms with Crippen LogP contribution >= 0.6 is 0 Å². The SMILES string of the molecule is COc1ccccc1Cc1cn2c(n1)CC(C)CC2. The highest BCUT2D eigenvalue weighted by atomic mass is 16.5. The Bertz CT molecular complexity index is 574. The van der Waals surface area contributed by atoms with Gasteiger partial charge in [-0.25, -0.2) is 4.98 Å². The Morgan fingerprint density at radius 3 is 3.05 bits per heavy atom. The molecule has 0 aliphatic carbocycles. The van der Waals surface area contributed by atoms with Gasteiger partial charge in [0.25, 0.3) is 0 Å². The molecule has 19 heavy (non-hydrogen) atoms. The van der Waals surface area contributed by atoms with Crippen molar-refractivity contribution >= 4 is 0 Å². The number of aromatic nitrogens is 2. The van der Waals surface area contributed by atoms with Gasteiger partial charge in [0, 0.05) is 31.1 Å². The molecule has 1 aliphatic heterocycles. The summed E-state index contributed by atoms with van der Waals surface area (Å²) in [6.07, 6.45) is 5.41. The Labute approximate surface area is 114 Å². The Hall–Kier alpha value is -1.77. The van der Waals surface area contributed by atoms with Gasteiger partial charge in [-0.2, -0.15) is 0 Å². The van der Waals surface area contributed by atoms with Gasteiger partial charge in [0.15, 0.2) is 0 Å². The normalized spacial score (nSPS) is 18.1. The van der Waals surface area contributed by atoms with Crippen molar-refractivity contribution in [2.75, 3.05) is 7.11 Å². The molecule has 2 heterocycles. The zero-order chi connectivity index (χ0) is 13.2. The molecule has 2 aromatic rings. The number of hydrogen-bond acceptors (Lipinski definition) is 2. The molecule has 0 amide bonds. The molecule has 1 aromatic carbocycles. The number of methoxy groups -OCH3 is 1. The first-order valence-corrected chi connectivity index (χ1v) is 6.93. The summed E-state index contributed by atoms with van der Waals surface area (Å²) in [5, 5.41) is 0. The van der Waals surface area contributed by atoms with Crippen LogP contribution in [0.3, 0.4) is 0 Å². The lowest BCUT2D eigenvalue weighted by Gasteiger charge is -2.18. The second kappa shape index (κ2) is 5.08. The molecule has 100 valence electrons. The van der Waals surface area contributed by atoms with Crippen LogP contribution in [-0.2, 0) is 19.4 Å². The average Bonchev–Trinajstić information content (AvgIpc) is 2.80. The van der Waals surface area contributed by atoms with E-state index in [4.69, 9.17) is 9.72 Å². The summed E-state index contributed by atoms with van der Waals surface area (Å²) >= 11 is 0. The van der Waals surface area contributed by atoms with E-state index in [2.05, 4.69) is 29.8 Å². The van der Waals surface area contributed by atoms with Gasteiger partial charge in [-0.05, 0) is 18.4 Å². The summed E-state index contributed by atoms with van der Waals surface area (Å²) in [7, 11) is 1.72. The number of ether oxygens (including phenoxy) is 1. The van der Waals surface area contributed by atoms with Crippen LogP contribution in [0.4, 0.5) is 0 Å². The van der Waals surface area contributed by atoms with Gasteiger partial charge in [-0.15, -0.1) is 0 Å². The number of para-hydroxylation sites is 1. The van der Waals surface area contributed by atoms with Crippen molar-refractivity contribution in [1.82, 2.24) is 9.55 Å². The van der Waals surface area contributed by atoms with E-state index in [-0.39, 0.29) is 0 Å². The summed E-state index contributed by atoms with van der Waals surface area (Å²) in [4.78, 5) is 4.78. The number of benzene rings is 1. The lowest BCUT2D eigenvalue weighted by molar-refractivity contribution is 0.409. The Morgan fingerprint density at radius 2 is 2.21 bits per heavy atom. The smallest absolute Gasteiger partial charge is 0.122 e. The van der Waals surface area contributed by atoms with Crippen LogP contribution in [0.15, 0.2) is 30.5 Å². The van der Waals surface area contributed by atoms with E-state index in [1.165, 1.54) is 17.8 Å². The quantitative estimate of drug-likeness (QED) is 0.844. The lowest BCUT2D eigenvalue weighted by atomic mass is 10.0. The molecule has 1 unspecified atom stereocenters. The molecule has 0 bridgehead atoms. The van der Waals surface area contributed by atoms with E-state index in [0.29, 0.717) is 0 Å². The van der Waals surface area contributed by atoms with Gasteiger partial charge in [0.05, 0.1) is 12.8 Å². The number of nitrogens with zero attached hydrogens (tertiary/aromatic N) is 2. The molecular weight excluding hydrogens is 236 g/mol. The molecule has 0 N–H and O–H groups in total. The lowest BCUT2D eigenvalue weighted by Crippen LogP contribution is -2.16. The highest BCUT2D eigenvalue weighted by Crippen LogP contribution is 2.23. The maximum Gasteiger partial charge on any atom is 0.122 e. The van der Waals surface area contributed by atoms with Gasteiger partial charge >= 0.3 is 0 Å². The molecule has 0 saturated carbocycles. The molecule has 3 heteroatoms. The maximum atomic E-state index is 5.40. The van der Waals surface area contributed by atoms with Gasteiger partial charge in [0.1, 0.15) is 11.6 Å². The molecule has 0 saturated heterocycles. The first-order valence-electron chi connectivity index (χ1n) is 6.93. The molecule has 0 radical (unpaired) electrons. The van der Waals surface area contributed by atoms with Gasteiger partial charge < -0.3 is 9.30 Å². The van der Waals surface area contributed by atoms with Crippen molar-refractivity contribution < 1.29 is 4.74 Å². The molecule has 3 nitrogen and oxygen atoms in total. The highest BCUT2D eigenvalue weighted by molar-refractivity contribution is 5.36. The minimum atomic E-state index is 0.758. The molecule has 0 spiro atoms. The maximum absolute atomic E-state index is 5.40. The van der Waals surface area contributed by atoms with Gasteiger partial charge in [-0.3, -0.25) is 0 Å². The van der Waals surface area contributed by atoms with Crippen LogP contribution < -0.4 is 4.74 Å². The van der Waals surface area contributed by atoms with Gasteiger partial charge in [0.2, 0.25) is 0 Å². The summed E-state index contributed by atoms with van der Waals surface area (Å²) in [6.45, 7) is 3.41. The molecule has 1 atom stereocenters. The minimum Gasteiger partial charge on any atom is -0.496 e. The summed E-state index contributed by atoms with van der Waals surface area (Å²) < 4.78 is 7.71. The summed E-state index contributed by atoms with van der Waals surface area (Å²) in [5.41, 5.74) is 2.35. The number of fused-ring (bicyclic) bond motifs is 1. The third-order valence-corrected chi connectivity index (χ3v) is 3.87. The van der Waals surface area contributed by atoms with E-state index in [9.17, 15) is 0 Å².